The lowest BCUT2D eigenvalue weighted by atomic mass is 10.1. The molecule has 0 amide bonds. The number of carboxylic acid groups (broad SMARTS) is 1. The number of hydrogen-bond acceptors (Lipinski definition) is 3. The fourth-order valence-electron chi connectivity index (χ4n) is 2.24. The summed E-state index contributed by atoms with van der Waals surface area (Å²) >= 11 is 0. The van der Waals surface area contributed by atoms with Gasteiger partial charge in [-0.15, -0.1) is 0 Å². The normalized spacial score (nSPS) is 13.1. The number of carbonyl (C=O) groups is 1. The summed E-state index contributed by atoms with van der Waals surface area (Å²) in [7, 11) is 0. The van der Waals surface area contributed by atoms with Gasteiger partial charge in [0, 0.05) is 19.2 Å². The molecule has 0 spiro atoms. The van der Waals surface area contributed by atoms with Gasteiger partial charge in [0.05, 0.1) is 18.4 Å². The van der Waals surface area contributed by atoms with Gasteiger partial charge in [0.2, 0.25) is 0 Å². The molecule has 3 rings (SSSR count). The van der Waals surface area contributed by atoms with Gasteiger partial charge in [-0.3, -0.25) is 4.68 Å². The predicted octanol–water partition coefficient (Wildman–Crippen LogP) is 1.76. The number of aromatic carboxylic acids is 1. The molecule has 1 aliphatic rings. The highest BCUT2D eigenvalue weighted by molar-refractivity contribution is 5.86. The third-order valence-electron chi connectivity index (χ3n) is 3.26. The number of aryl methyl sites for hydroxylation is 2. The fraction of sp³-hybridized carbons (Fsp3) is 0.286. The number of fused-ring (bicyclic) bond motifs is 1. The smallest absolute Gasteiger partial charge is 0.338 e. The van der Waals surface area contributed by atoms with Crippen LogP contribution in [0.3, 0.4) is 0 Å². The number of rotatable bonds is 4. The number of carboxylic acids is 1. The second-order valence-electron chi connectivity index (χ2n) is 4.59. The maximum Gasteiger partial charge on any atom is 0.338 e. The van der Waals surface area contributed by atoms with E-state index in [1.807, 2.05) is 12.1 Å². The standard InChI is InChI=1S/C14H14N2O3/c17-14(18)12-8-15-16(9-12)5-3-10-1-2-13-11(7-10)4-6-19-13/h1-2,7-9H,3-6H2,(H,17,18). The number of benzene rings is 1. The molecule has 5 heteroatoms. The summed E-state index contributed by atoms with van der Waals surface area (Å²) in [5, 5.41) is 12.9. The van der Waals surface area contributed by atoms with Gasteiger partial charge in [-0.1, -0.05) is 12.1 Å². The molecule has 1 N–H and O–H groups in total. The quantitative estimate of drug-likeness (QED) is 0.907. The van der Waals surface area contributed by atoms with Crippen LogP contribution in [0.15, 0.2) is 30.6 Å². The first kappa shape index (κ1) is 11.8. The van der Waals surface area contributed by atoms with Crippen molar-refractivity contribution in [3.05, 3.63) is 47.3 Å². The Kier molecular flexibility index (Phi) is 2.95. The van der Waals surface area contributed by atoms with Gasteiger partial charge in [-0.05, 0) is 23.6 Å². The molecule has 19 heavy (non-hydrogen) atoms. The van der Waals surface area contributed by atoms with Crippen LogP contribution in [0, 0.1) is 0 Å². The molecule has 98 valence electrons. The van der Waals surface area contributed by atoms with E-state index in [2.05, 4.69) is 11.2 Å². The Bertz CT molecular complexity index is 619. The lowest BCUT2D eigenvalue weighted by Crippen LogP contribution is -2.02. The van der Waals surface area contributed by atoms with E-state index < -0.39 is 5.97 Å². The number of aromatic nitrogens is 2. The Morgan fingerprint density at radius 1 is 1.47 bits per heavy atom. The molecule has 0 aliphatic carbocycles. The molecule has 5 nitrogen and oxygen atoms in total. The summed E-state index contributed by atoms with van der Waals surface area (Å²) < 4.78 is 7.12. The minimum absolute atomic E-state index is 0.224. The van der Waals surface area contributed by atoms with Crippen LogP contribution in [-0.4, -0.2) is 27.5 Å². The van der Waals surface area contributed by atoms with Crippen molar-refractivity contribution in [1.82, 2.24) is 9.78 Å². The molecule has 0 atom stereocenters. The SMILES string of the molecule is O=C(O)c1cnn(CCc2ccc3c(c2)CCO3)c1. The molecule has 0 radical (unpaired) electrons. The van der Waals surface area contributed by atoms with Crippen LogP contribution in [0.1, 0.15) is 21.5 Å². The van der Waals surface area contributed by atoms with E-state index in [0.29, 0.717) is 6.54 Å². The zero-order chi connectivity index (χ0) is 13.2. The summed E-state index contributed by atoms with van der Waals surface area (Å²) in [5.41, 5.74) is 2.70. The van der Waals surface area contributed by atoms with Crippen molar-refractivity contribution in [3.8, 4) is 5.75 Å². The molecule has 0 fully saturated rings. The summed E-state index contributed by atoms with van der Waals surface area (Å²) in [4.78, 5) is 10.7. The van der Waals surface area contributed by atoms with Gasteiger partial charge >= 0.3 is 5.97 Å². The topological polar surface area (TPSA) is 64.3 Å². The van der Waals surface area contributed by atoms with Crippen LogP contribution in [0.5, 0.6) is 5.75 Å². The van der Waals surface area contributed by atoms with E-state index in [9.17, 15) is 4.79 Å². The van der Waals surface area contributed by atoms with Gasteiger partial charge in [0.25, 0.3) is 0 Å². The lowest BCUT2D eigenvalue weighted by Gasteiger charge is -2.04. The van der Waals surface area contributed by atoms with Gasteiger partial charge in [-0.2, -0.15) is 5.10 Å². The predicted molar refractivity (Wildman–Crippen MR) is 68.5 cm³/mol. The highest BCUT2D eigenvalue weighted by Gasteiger charge is 2.12. The maximum atomic E-state index is 10.7. The first-order valence-electron chi connectivity index (χ1n) is 6.23. The molecule has 1 aromatic heterocycles. The van der Waals surface area contributed by atoms with E-state index in [1.54, 1.807) is 10.9 Å². The highest BCUT2D eigenvalue weighted by Crippen LogP contribution is 2.26. The van der Waals surface area contributed by atoms with E-state index in [1.165, 1.54) is 17.3 Å². The van der Waals surface area contributed by atoms with Crippen molar-refractivity contribution in [2.75, 3.05) is 6.61 Å². The van der Waals surface area contributed by atoms with E-state index in [-0.39, 0.29) is 5.56 Å². The third-order valence-corrected chi connectivity index (χ3v) is 3.26. The molecule has 0 unspecified atom stereocenters. The highest BCUT2D eigenvalue weighted by atomic mass is 16.5. The average Bonchev–Trinajstić information content (AvgIpc) is 3.04. The van der Waals surface area contributed by atoms with Crippen LogP contribution in [-0.2, 0) is 19.4 Å². The largest absolute Gasteiger partial charge is 0.493 e. The van der Waals surface area contributed by atoms with E-state index in [4.69, 9.17) is 9.84 Å². The Morgan fingerprint density at radius 2 is 2.37 bits per heavy atom. The summed E-state index contributed by atoms with van der Waals surface area (Å²) in [6, 6.07) is 6.21. The van der Waals surface area contributed by atoms with Gasteiger partial charge in [0.1, 0.15) is 5.75 Å². The van der Waals surface area contributed by atoms with Crippen molar-refractivity contribution < 1.29 is 14.6 Å². The lowest BCUT2D eigenvalue weighted by molar-refractivity contribution is 0.0697. The third kappa shape index (κ3) is 2.45. The molecule has 0 bridgehead atoms. The molecular weight excluding hydrogens is 244 g/mol. The van der Waals surface area contributed by atoms with Crippen LogP contribution in [0.2, 0.25) is 0 Å². The Labute approximate surface area is 110 Å². The molecule has 1 aliphatic heterocycles. The zero-order valence-corrected chi connectivity index (χ0v) is 10.4. The Balaban J connectivity index is 1.67. The molecule has 0 saturated carbocycles. The fourth-order valence-corrected chi connectivity index (χ4v) is 2.24. The van der Waals surface area contributed by atoms with Crippen molar-refractivity contribution in [3.63, 3.8) is 0 Å². The van der Waals surface area contributed by atoms with Crippen molar-refractivity contribution >= 4 is 5.97 Å². The zero-order valence-electron chi connectivity index (χ0n) is 10.4. The molecular formula is C14H14N2O3. The second-order valence-corrected chi connectivity index (χ2v) is 4.59. The summed E-state index contributed by atoms with van der Waals surface area (Å²) in [6.45, 7) is 1.44. The first-order chi connectivity index (χ1) is 9.22. The van der Waals surface area contributed by atoms with Gasteiger partial charge in [-0.25, -0.2) is 4.79 Å². The van der Waals surface area contributed by atoms with Crippen LogP contribution in [0.25, 0.3) is 0 Å². The number of ether oxygens (including phenoxy) is 1. The molecule has 1 aromatic carbocycles. The minimum Gasteiger partial charge on any atom is -0.493 e. The van der Waals surface area contributed by atoms with Crippen LogP contribution < -0.4 is 4.74 Å². The Morgan fingerprint density at radius 3 is 3.16 bits per heavy atom. The van der Waals surface area contributed by atoms with E-state index >= 15 is 0 Å². The number of hydrogen-bond donors (Lipinski definition) is 1. The Hall–Kier alpha value is -2.30. The van der Waals surface area contributed by atoms with Crippen LogP contribution in [0.4, 0.5) is 0 Å². The molecule has 2 heterocycles. The summed E-state index contributed by atoms with van der Waals surface area (Å²) in [6.07, 6.45) is 4.72. The van der Waals surface area contributed by atoms with Crippen LogP contribution >= 0.6 is 0 Å². The van der Waals surface area contributed by atoms with Crippen molar-refractivity contribution in [1.29, 1.82) is 0 Å². The first-order valence-corrected chi connectivity index (χ1v) is 6.23. The van der Waals surface area contributed by atoms with Crippen molar-refractivity contribution in [2.45, 2.75) is 19.4 Å². The average molecular weight is 258 g/mol. The minimum atomic E-state index is -0.944. The number of nitrogens with zero attached hydrogens (tertiary/aromatic N) is 2. The maximum absolute atomic E-state index is 10.7. The van der Waals surface area contributed by atoms with Gasteiger partial charge in [0.15, 0.2) is 0 Å². The second kappa shape index (κ2) is 4.76. The van der Waals surface area contributed by atoms with Crippen molar-refractivity contribution in [2.24, 2.45) is 0 Å². The van der Waals surface area contributed by atoms with Gasteiger partial charge < -0.3 is 9.84 Å². The molecule has 2 aromatic rings. The summed E-state index contributed by atoms with van der Waals surface area (Å²) in [5.74, 6) is 0.0388. The molecule has 0 saturated heterocycles. The monoisotopic (exact) mass is 258 g/mol. The van der Waals surface area contributed by atoms with E-state index in [0.717, 1.165) is 25.2 Å².